The number of unbranched alkanes of at least 4 members (excludes halogenated alkanes) is 1. The van der Waals surface area contributed by atoms with Crippen LogP contribution in [-0.4, -0.2) is 52.6 Å². The largest absolute Gasteiger partial charge is 0.384 e. The highest BCUT2D eigenvalue weighted by molar-refractivity contribution is 7.99. The minimum atomic E-state index is 0.706. The van der Waals surface area contributed by atoms with Crippen LogP contribution in [0.1, 0.15) is 12.8 Å². The maximum absolute atomic E-state index is 6.09. The third kappa shape index (κ3) is 5.25. The fourth-order valence-corrected chi connectivity index (χ4v) is 5.13. The summed E-state index contributed by atoms with van der Waals surface area (Å²) in [6.45, 7) is 3.77. The number of hydrogen-bond acceptors (Lipinski definition) is 7. The Labute approximate surface area is 203 Å². The average molecular weight is 479 g/mol. The highest BCUT2D eigenvalue weighted by Gasteiger charge is 2.16. The van der Waals surface area contributed by atoms with E-state index in [1.165, 1.54) is 0 Å². The summed E-state index contributed by atoms with van der Waals surface area (Å²) in [7, 11) is 0. The summed E-state index contributed by atoms with van der Waals surface area (Å²) in [4.78, 5) is 16.4. The molecule has 3 heterocycles. The molecular formula is C25H27ClN6S. The van der Waals surface area contributed by atoms with Crippen molar-refractivity contribution in [3.63, 3.8) is 0 Å². The summed E-state index contributed by atoms with van der Waals surface area (Å²) in [6, 6.07) is 16.1. The van der Waals surface area contributed by atoms with Gasteiger partial charge in [-0.2, -0.15) is 16.7 Å². The van der Waals surface area contributed by atoms with Crippen molar-refractivity contribution in [3.8, 4) is 0 Å². The third-order valence-corrected chi connectivity index (χ3v) is 6.98. The Bertz CT molecular complexity index is 1240. The van der Waals surface area contributed by atoms with Gasteiger partial charge >= 0.3 is 0 Å². The number of rotatable bonds is 8. The van der Waals surface area contributed by atoms with Crippen LogP contribution in [0, 0.1) is 0 Å². The van der Waals surface area contributed by atoms with Gasteiger partial charge in [-0.25, -0.2) is 4.98 Å². The van der Waals surface area contributed by atoms with E-state index in [2.05, 4.69) is 32.7 Å². The molecule has 5 rings (SSSR count). The molecular weight excluding hydrogens is 452 g/mol. The van der Waals surface area contributed by atoms with Crippen molar-refractivity contribution in [3.05, 3.63) is 59.8 Å². The summed E-state index contributed by atoms with van der Waals surface area (Å²) in [5, 5.41) is 9.99. The lowest BCUT2D eigenvalue weighted by atomic mass is 10.2. The first-order valence-electron chi connectivity index (χ1n) is 11.4. The van der Waals surface area contributed by atoms with E-state index in [4.69, 9.17) is 21.6 Å². The van der Waals surface area contributed by atoms with Crippen molar-refractivity contribution in [2.45, 2.75) is 12.8 Å². The number of hydrogen-bond donors (Lipinski definition) is 2. The number of fused-ring (bicyclic) bond motifs is 2. The zero-order chi connectivity index (χ0) is 22.5. The number of nitrogens with one attached hydrogen (secondary N) is 2. The predicted molar refractivity (Wildman–Crippen MR) is 142 cm³/mol. The second-order valence-corrected chi connectivity index (χ2v) is 9.73. The number of anilines is 3. The number of aromatic nitrogens is 3. The first kappa shape index (κ1) is 22.0. The maximum atomic E-state index is 6.09. The molecule has 33 heavy (non-hydrogen) atoms. The van der Waals surface area contributed by atoms with Gasteiger partial charge in [0, 0.05) is 65.4 Å². The fourth-order valence-electron chi connectivity index (χ4n) is 4.06. The summed E-state index contributed by atoms with van der Waals surface area (Å²) in [6.07, 6.45) is 3.90. The Balaban J connectivity index is 1.18. The molecule has 0 unspecified atom stereocenters. The number of thioether (sulfide) groups is 1. The smallest absolute Gasteiger partial charge is 0.227 e. The fraction of sp³-hybridized carbons (Fsp3) is 0.320. The van der Waals surface area contributed by atoms with Gasteiger partial charge in [0.05, 0.1) is 11.0 Å². The van der Waals surface area contributed by atoms with Crippen LogP contribution in [0.3, 0.4) is 0 Å². The molecule has 170 valence electrons. The maximum Gasteiger partial charge on any atom is 0.227 e. The highest BCUT2D eigenvalue weighted by Crippen LogP contribution is 2.26. The summed E-state index contributed by atoms with van der Waals surface area (Å²) < 4.78 is 0. The van der Waals surface area contributed by atoms with E-state index >= 15 is 0 Å². The standard InChI is InChI=1S/C25H27ClN6S/c26-18-7-8-19-21(9-12-28-23(19)17-18)27-10-3-4-11-29-24-20-5-1-2-6-22(20)30-25(31-24)32-13-15-33-16-14-32/h1-2,5-9,12,17H,3-4,10-11,13-16H2,(H,27,28)(H,29,30,31). The van der Waals surface area contributed by atoms with Gasteiger partial charge in [0.1, 0.15) is 5.82 Å². The van der Waals surface area contributed by atoms with Gasteiger partial charge < -0.3 is 15.5 Å². The Hall–Kier alpha value is -2.77. The van der Waals surface area contributed by atoms with E-state index in [1.54, 1.807) is 0 Å². The highest BCUT2D eigenvalue weighted by atomic mass is 35.5. The lowest BCUT2D eigenvalue weighted by Crippen LogP contribution is -2.34. The Morgan fingerprint density at radius 3 is 2.58 bits per heavy atom. The molecule has 8 heteroatoms. The van der Waals surface area contributed by atoms with E-state index in [0.717, 1.165) is 89.8 Å². The molecule has 2 aromatic heterocycles. The van der Waals surface area contributed by atoms with Gasteiger partial charge in [-0.1, -0.05) is 23.7 Å². The van der Waals surface area contributed by atoms with Crippen LogP contribution in [0.5, 0.6) is 0 Å². The molecule has 4 aromatic rings. The van der Waals surface area contributed by atoms with Crippen LogP contribution in [0.15, 0.2) is 54.7 Å². The average Bonchev–Trinajstić information content (AvgIpc) is 2.86. The van der Waals surface area contributed by atoms with Crippen molar-refractivity contribution in [2.24, 2.45) is 0 Å². The van der Waals surface area contributed by atoms with Crippen LogP contribution in [0.4, 0.5) is 17.5 Å². The number of pyridine rings is 1. The lowest BCUT2D eigenvalue weighted by molar-refractivity contribution is 0.790. The molecule has 0 atom stereocenters. The van der Waals surface area contributed by atoms with Gasteiger partial charge in [-0.3, -0.25) is 4.98 Å². The summed E-state index contributed by atoms with van der Waals surface area (Å²) >= 11 is 8.09. The van der Waals surface area contributed by atoms with Crippen molar-refractivity contribution in [1.29, 1.82) is 0 Å². The van der Waals surface area contributed by atoms with Crippen LogP contribution in [0.25, 0.3) is 21.8 Å². The summed E-state index contributed by atoms with van der Waals surface area (Å²) in [5.74, 6) is 4.03. The van der Waals surface area contributed by atoms with E-state index in [-0.39, 0.29) is 0 Å². The summed E-state index contributed by atoms with van der Waals surface area (Å²) in [5.41, 5.74) is 3.00. The molecule has 1 aliphatic rings. The van der Waals surface area contributed by atoms with Gasteiger partial charge in [-0.15, -0.1) is 0 Å². The minimum absolute atomic E-state index is 0.706. The van der Waals surface area contributed by atoms with E-state index < -0.39 is 0 Å². The predicted octanol–water partition coefficient (Wildman–Crippen LogP) is 5.69. The Morgan fingerprint density at radius 2 is 1.70 bits per heavy atom. The SMILES string of the molecule is Clc1ccc2c(NCCCCNc3nc(N4CCSCC4)nc4ccccc34)ccnc2c1. The van der Waals surface area contributed by atoms with Crippen molar-refractivity contribution >= 4 is 62.6 Å². The monoisotopic (exact) mass is 478 g/mol. The molecule has 0 aliphatic carbocycles. The molecule has 1 saturated heterocycles. The number of nitrogens with zero attached hydrogens (tertiary/aromatic N) is 4. The molecule has 0 saturated carbocycles. The van der Waals surface area contributed by atoms with Crippen molar-refractivity contribution in [2.75, 3.05) is 53.2 Å². The first-order valence-corrected chi connectivity index (χ1v) is 12.9. The second kappa shape index (κ2) is 10.4. The van der Waals surface area contributed by atoms with Gasteiger partial charge in [0.15, 0.2) is 0 Å². The lowest BCUT2D eigenvalue weighted by Gasteiger charge is -2.27. The number of halogens is 1. The molecule has 0 radical (unpaired) electrons. The molecule has 0 amide bonds. The quantitative estimate of drug-likeness (QED) is 0.315. The van der Waals surface area contributed by atoms with Crippen molar-refractivity contribution < 1.29 is 0 Å². The van der Waals surface area contributed by atoms with Gasteiger partial charge in [0.25, 0.3) is 0 Å². The molecule has 0 bridgehead atoms. The van der Waals surface area contributed by atoms with Crippen LogP contribution >= 0.6 is 23.4 Å². The Morgan fingerprint density at radius 1 is 0.879 bits per heavy atom. The zero-order valence-electron chi connectivity index (χ0n) is 18.4. The molecule has 6 nitrogen and oxygen atoms in total. The first-order chi connectivity index (χ1) is 16.3. The molecule has 1 aliphatic heterocycles. The second-order valence-electron chi connectivity index (χ2n) is 8.07. The van der Waals surface area contributed by atoms with Crippen LogP contribution < -0.4 is 15.5 Å². The number of para-hydroxylation sites is 1. The van der Waals surface area contributed by atoms with E-state index in [1.807, 2.05) is 54.4 Å². The molecule has 1 fully saturated rings. The topological polar surface area (TPSA) is 66.0 Å². The molecule has 0 spiro atoms. The molecule has 2 N–H and O–H groups in total. The van der Waals surface area contributed by atoms with E-state index in [9.17, 15) is 0 Å². The van der Waals surface area contributed by atoms with Crippen LogP contribution in [-0.2, 0) is 0 Å². The van der Waals surface area contributed by atoms with Gasteiger partial charge in [-0.05, 0) is 49.2 Å². The van der Waals surface area contributed by atoms with Crippen LogP contribution in [0.2, 0.25) is 5.02 Å². The van der Waals surface area contributed by atoms with Gasteiger partial charge in [0.2, 0.25) is 5.95 Å². The third-order valence-electron chi connectivity index (χ3n) is 5.80. The van der Waals surface area contributed by atoms with Crippen molar-refractivity contribution in [1.82, 2.24) is 15.0 Å². The van der Waals surface area contributed by atoms with E-state index in [0.29, 0.717) is 5.02 Å². The minimum Gasteiger partial charge on any atom is -0.384 e. The molecule has 2 aromatic carbocycles. The Kier molecular flexibility index (Phi) is 6.98. The zero-order valence-corrected chi connectivity index (χ0v) is 20.0. The normalized spacial score (nSPS) is 14.0. The number of benzene rings is 2.